The maximum absolute atomic E-state index is 12.5. The number of amides is 1. The number of rotatable bonds is 6. The monoisotopic (exact) mass is 396 g/mol. The van der Waals surface area contributed by atoms with Crippen molar-refractivity contribution in [3.05, 3.63) is 69.7 Å². The van der Waals surface area contributed by atoms with Crippen molar-refractivity contribution < 1.29 is 19.0 Å². The minimum absolute atomic E-state index is 0.184. The molecule has 1 atom stereocenters. The number of hydrogen-bond donors (Lipinski definition) is 1. The standard InChI is InChI=1S/C21H20N2O4S/c1-13-3-6-16(7-4-13)25-10-20-23-17(11-28-20)21(24)22-14(2)15-5-8-18-19(9-15)27-12-26-18/h3-9,11,14H,10,12H2,1-2H3,(H,22,24). The fourth-order valence-electron chi connectivity index (χ4n) is 2.80. The van der Waals surface area contributed by atoms with Crippen molar-refractivity contribution in [1.82, 2.24) is 10.3 Å². The zero-order valence-corrected chi connectivity index (χ0v) is 16.4. The summed E-state index contributed by atoms with van der Waals surface area (Å²) in [4.78, 5) is 16.9. The second-order valence-electron chi connectivity index (χ2n) is 6.54. The van der Waals surface area contributed by atoms with E-state index in [1.54, 1.807) is 5.38 Å². The molecule has 1 unspecified atom stereocenters. The Bertz CT molecular complexity index is 984. The van der Waals surface area contributed by atoms with Gasteiger partial charge in [-0.1, -0.05) is 23.8 Å². The highest BCUT2D eigenvalue weighted by Crippen LogP contribution is 2.34. The zero-order chi connectivity index (χ0) is 19.5. The third-order valence-electron chi connectivity index (χ3n) is 4.41. The first-order valence-electron chi connectivity index (χ1n) is 8.93. The number of aryl methyl sites for hydroxylation is 1. The zero-order valence-electron chi connectivity index (χ0n) is 15.6. The molecule has 0 saturated heterocycles. The van der Waals surface area contributed by atoms with Gasteiger partial charge in [-0.15, -0.1) is 11.3 Å². The van der Waals surface area contributed by atoms with Gasteiger partial charge in [0.15, 0.2) is 11.5 Å². The number of fused-ring (bicyclic) bond motifs is 1. The molecule has 0 spiro atoms. The SMILES string of the molecule is Cc1ccc(OCc2nc(C(=O)NC(C)c3ccc4c(c3)OCO4)cs2)cc1. The van der Waals surface area contributed by atoms with E-state index >= 15 is 0 Å². The van der Waals surface area contributed by atoms with Crippen molar-refractivity contribution in [2.24, 2.45) is 0 Å². The van der Waals surface area contributed by atoms with Crippen LogP contribution in [0.5, 0.6) is 17.2 Å². The number of benzene rings is 2. The maximum Gasteiger partial charge on any atom is 0.271 e. The van der Waals surface area contributed by atoms with Crippen LogP contribution in [-0.4, -0.2) is 17.7 Å². The predicted octanol–water partition coefficient (Wildman–Crippen LogP) is 4.25. The molecule has 3 aromatic rings. The molecule has 0 fully saturated rings. The first-order chi connectivity index (χ1) is 13.6. The van der Waals surface area contributed by atoms with Gasteiger partial charge in [0.25, 0.3) is 5.91 Å². The van der Waals surface area contributed by atoms with Crippen molar-refractivity contribution in [3.8, 4) is 17.2 Å². The Hall–Kier alpha value is -3.06. The van der Waals surface area contributed by atoms with Crippen LogP contribution in [0.25, 0.3) is 0 Å². The van der Waals surface area contributed by atoms with E-state index in [2.05, 4.69) is 10.3 Å². The van der Waals surface area contributed by atoms with Crippen LogP contribution in [-0.2, 0) is 6.61 Å². The molecule has 1 aliphatic rings. The lowest BCUT2D eigenvalue weighted by Crippen LogP contribution is -2.27. The summed E-state index contributed by atoms with van der Waals surface area (Å²) in [5, 5.41) is 5.46. The summed E-state index contributed by atoms with van der Waals surface area (Å²) in [6.07, 6.45) is 0. The molecule has 2 heterocycles. The lowest BCUT2D eigenvalue weighted by Gasteiger charge is -2.14. The van der Waals surface area contributed by atoms with E-state index < -0.39 is 0 Å². The lowest BCUT2D eigenvalue weighted by molar-refractivity contribution is 0.0935. The molecule has 4 rings (SSSR count). The average molecular weight is 396 g/mol. The van der Waals surface area contributed by atoms with Gasteiger partial charge in [-0.3, -0.25) is 4.79 Å². The number of ether oxygens (including phenoxy) is 3. The highest BCUT2D eigenvalue weighted by molar-refractivity contribution is 7.09. The van der Waals surface area contributed by atoms with E-state index in [0.717, 1.165) is 22.1 Å². The van der Waals surface area contributed by atoms with Crippen LogP contribution in [0.4, 0.5) is 0 Å². The fourth-order valence-corrected chi connectivity index (χ4v) is 3.48. The summed E-state index contributed by atoms with van der Waals surface area (Å²) in [7, 11) is 0. The summed E-state index contributed by atoms with van der Waals surface area (Å²) in [5.74, 6) is 1.98. The Kier molecular flexibility index (Phi) is 5.16. The van der Waals surface area contributed by atoms with Gasteiger partial charge in [-0.05, 0) is 43.7 Å². The Morgan fingerprint density at radius 1 is 1.21 bits per heavy atom. The number of carbonyl (C=O) groups is 1. The molecule has 0 saturated carbocycles. The van der Waals surface area contributed by atoms with Crippen LogP contribution < -0.4 is 19.5 Å². The molecule has 6 nitrogen and oxygen atoms in total. The number of carbonyl (C=O) groups excluding carboxylic acids is 1. The van der Waals surface area contributed by atoms with Crippen molar-refractivity contribution in [2.45, 2.75) is 26.5 Å². The molecule has 1 aliphatic heterocycles. The quantitative estimate of drug-likeness (QED) is 0.675. The summed E-state index contributed by atoms with van der Waals surface area (Å²) in [6.45, 7) is 4.51. The van der Waals surface area contributed by atoms with E-state index in [0.29, 0.717) is 18.1 Å². The van der Waals surface area contributed by atoms with Crippen molar-refractivity contribution in [3.63, 3.8) is 0 Å². The summed E-state index contributed by atoms with van der Waals surface area (Å²) >= 11 is 1.41. The van der Waals surface area contributed by atoms with Gasteiger partial charge >= 0.3 is 0 Å². The minimum Gasteiger partial charge on any atom is -0.486 e. The number of nitrogens with one attached hydrogen (secondary N) is 1. The maximum atomic E-state index is 12.5. The van der Waals surface area contributed by atoms with E-state index in [-0.39, 0.29) is 18.7 Å². The lowest BCUT2D eigenvalue weighted by atomic mass is 10.1. The van der Waals surface area contributed by atoms with Gasteiger partial charge in [-0.25, -0.2) is 4.98 Å². The van der Waals surface area contributed by atoms with Gasteiger partial charge < -0.3 is 19.5 Å². The molecular formula is C21H20N2O4S. The third-order valence-corrected chi connectivity index (χ3v) is 5.23. The van der Waals surface area contributed by atoms with Crippen LogP contribution >= 0.6 is 11.3 Å². The first-order valence-corrected chi connectivity index (χ1v) is 9.81. The van der Waals surface area contributed by atoms with Crippen LogP contribution in [0.2, 0.25) is 0 Å². The van der Waals surface area contributed by atoms with E-state index in [1.807, 2.05) is 56.3 Å². The molecule has 0 aliphatic carbocycles. The first kappa shape index (κ1) is 18.3. The second kappa shape index (κ2) is 7.90. The molecule has 2 aromatic carbocycles. The van der Waals surface area contributed by atoms with Crippen molar-refractivity contribution in [1.29, 1.82) is 0 Å². The number of nitrogens with zero attached hydrogens (tertiary/aromatic N) is 1. The Labute approximate surface area is 167 Å². The molecule has 1 N–H and O–H groups in total. The minimum atomic E-state index is -0.219. The van der Waals surface area contributed by atoms with E-state index in [4.69, 9.17) is 14.2 Å². The summed E-state index contributed by atoms with van der Waals surface area (Å²) in [6, 6.07) is 13.3. The van der Waals surface area contributed by atoms with Crippen LogP contribution in [0.1, 0.15) is 39.6 Å². The Balaban J connectivity index is 1.35. The van der Waals surface area contributed by atoms with E-state index in [9.17, 15) is 4.79 Å². The van der Waals surface area contributed by atoms with Crippen LogP contribution in [0, 0.1) is 6.92 Å². The average Bonchev–Trinajstić information content (AvgIpc) is 3.36. The normalized spacial score (nSPS) is 13.2. The smallest absolute Gasteiger partial charge is 0.271 e. The number of aromatic nitrogens is 1. The molecule has 1 amide bonds. The predicted molar refractivity (Wildman–Crippen MR) is 106 cm³/mol. The molecule has 0 bridgehead atoms. The molecule has 7 heteroatoms. The molecule has 1 aromatic heterocycles. The van der Waals surface area contributed by atoms with Gasteiger partial charge in [-0.2, -0.15) is 0 Å². The van der Waals surface area contributed by atoms with Gasteiger partial charge in [0.2, 0.25) is 6.79 Å². The Morgan fingerprint density at radius 2 is 2.00 bits per heavy atom. The Morgan fingerprint density at radius 3 is 2.82 bits per heavy atom. The van der Waals surface area contributed by atoms with Crippen molar-refractivity contribution >= 4 is 17.2 Å². The molecule has 0 radical (unpaired) electrons. The molecular weight excluding hydrogens is 376 g/mol. The summed E-state index contributed by atoms with van der Waals surface area (Å²) < 4.78 is 16.4. The van der Waals surface area contributed by atoms with E-state index in [1.165, 1.54) is 16.9 Å². The second-order valence-corrected chi connectivity index (χ2v) is 7.48. The molecule has 28 heavy (non-hydrogen) atoms. The third kappa shape index (κ3) is 4.09. The van der Waals surface area contributed by atoms with Gasteiger partial charge in [0, 0.05) is 5.38 Å². The summed E-state index contributed by atoms with van der Waals surface area (Å²) in [5.41, 5.74) is 2.51. The van der Waals surface area contributed by atoms with Crippen molar-refractivity contribution in [2.75, 3.05) is 6.79 Å². The van der Waals surface area contributed by atoms with Crippen LogP contribution in [0.3, 0.4) is 0 Å². The highest BCUT2D eigenvalue weighted by atomic mass is 32.1. The number of thiazole rings is 1. The van der Waals surface area contributed by atoms with Gasteiger partial charge in [0.05, 0.1) is 6.04 Å². The molecule has 144 valence electrons. The van der Waals surface area contributed by atoms with Gasteiger partial charge in [0.1, 0.15) is 23.1 Å². The highest BCUT2D eigenvalue weighted by Gasteiger charge is 2.18. The topological polar surface area (TPSA) is 69.7 Å². The van der Waals surface area contributed by atoms with Crippen LogP contribution in [0.15, 0.2) is 47.8 Å². The number of hydrogen-bond acceptors (Lipinski definition) is 6. The largest absolute Gasteiger partial charge is 0.486 e. The fraction of sp³-hybridized carbons (Fsp3) is 0.238.